The van der Waals surface area contributed by atoms with E-state index in [0.717, 1.165) is 16.0 Å². The molecule has 4 aromatic rings. The third-order valence-corrected chi connectivity index (χ3v) is 10.8. The molecule has 0 saturated heterocycles. The molecule has 0 aromatic heterocycles. The molecule has 4 aromatic carbocycles. The van der Waals surface area contributed by atoms with Crippen LogP contribution in [-0.2, 0) is 35.2 Å². The molecule has 0 aliphatic carbocycles. The van der Waals surface area contributed by atoms with Gasteiger partial charge in [0.15, 0.2) is 5.78 Å². The number of carbonyl (C=O) groups is 7. The van der Waals surface area contributed by atoms with Crippen LogP contribution in [-0.4, -0.2) is 94.1 Å². The Bertz CT molecular complexity index is 2340. The Balaban J connectivity index is 1.48. The molecule has 5 rings (SSSR count). The number of Topliss-reactive ketones (excluding diaryl/α,β-unsaturated/α-hetero) is 1. The Kier molecular flexibility index (Phi) is 15.4. The van der Waals surface area contributed by atoms with E-state index in [2.05, 4.69) is 21.3 Å². The molecule has 0 spiro atoms. The zero-order valence-corrected chi connectivity index (χ0v) is 35.2. The van der Waals surface area contributed by atoms with Crippen LogP contribution in [0.4, 0.5) is 0 Å². The number of amides is 6. The number of likely N-dealkylation sites (N-methyl/N-ethyl adjacent to an activating group) is 1. The summed E-state index contributed by atoms with van der Waals surface area (Å²) in [6.07, 6.45) is 0.383. The molecule has 0 fully saturated rings. The second-order valence-corrected chi connectivity index (χ2v) is 15.6. The van der Waals surface area contributed by atoms with E-state index < -0.39 is 77.9 Å². The highest BCUT2D eigenvalue weighted by atomic mass is 35.5. The second kappa shape index (κ2) is 20.7. The third kappa shape index (κ3) is 11.5. The number of ketones is 1. The lowest BCUT2D eigenvalue weighted by Gasteiger charge is -2.32. The largest absolute Gasteiger partial charge is 0.507 e. The van der Waals surface area contributed by atoms with Crippen LogP contribution < -0.4 is 32.7 Å². The molecule has 17 heteroatoms. The molecule has 0 unspecified atom stereocenters. The molecular weight excluding hydrogens is 818 g/mol. The molecule has 1 heterocycles. The van der Waals surface area contributed by atoms with Crippen molar-refractivity contribution in [2.24, 2.45) is 11.5 Å². The lowest BCUT2D eigenvalue weighted by Crippen LogP contribution is -2.57. The first-order valence-corrected chi connectivity index (χ1v) is 20.4. The van der Waals surface area contributed by atoms with Gasteiger partial charge < -0.3 is 47.8 Å². The Morgan fingerprint density at radius 1 is 0.839 bits per heavy atom. The number of benzene rings is 4. The second-order valence-electron chi connectivity index (χ2n) is 15.2. The van der Waals surface area contributed by atoms with Crippen LogP contribution in [0.25, 0.3) is 22.3 Å². The van der Waals surface area contributed by atoms with Crippen LogP contribution in [0.1, 0.15) is 67.1 Å². The van der Waals surface area contributed by atoms with Gasteiger partial charge in [-0.15, -0.1) is 0 Å². The van der Waals surface area contributed by atoms with Crippen LogP contribution in [0.15, 0.2) is 84.9 Å². The van der Waals surface area contributed by atoms with Crippen molar-refractivity contribution in [1.29, 1.82) is 0 Å². The van der Waals surface area contributed by atoms with Gasteiger partial charge in [-0.3, -0.25) is 33.6 Å². The van der Waals surface area contributed by atoms with E-state index in [4.69, 9.17) is 23.1 Å². The number of hydrogen-bond donors (Lipinski definition) is 8. The van der Waals surface area contributed by atoms with Crippen molar-refractivity contribution in [3.63, 3.8) is 0 Å². The highest BCUT2D eigenvalue weighted by Crippen LogP contribution is 2.39. The number of nitrogens with zero attached hydrogens (tertiary/aromatic N) is 1. The van der Waals surface area contributed by atoms with E-state index in [0.29, 0.717) is 30.0 Å². The topological polar surface area (TPSA) is 263 Å². The van der Waals surface area contributed by atoms with E-state index in [1.807, 2.05) is 12.1 Å². The minimum absolute atomic E-state index is 0.0798. The molecular formula is C45H50ClN7O9. The number of nitrogens with one attached hydrogen (secondary N) is 4. The number of halogens is 1. The van der Waals surface area contributed by atoms with Crippen LogP contribution in [0.5, 0.6) is 11.5 Å². The average molecular weight is 868 g/mol. The lowest BCUT2D eigenvalue weighted by molar-refractivity contribution is -0.141. The normalized spacial score (nSPS) is 17.3. The number of fused-ring (bicyclic) bond motifs is 5. The van der Waals surface area contributed by atoms with Gasteiger partial charge in [0.25, 0.3) is 5.91 Å². The fraction of sp³-hybridized carbons (Fsp3) is 0.311. The summed E-state index contributed by atoms with van der Waals surface area (Å²) in [6, 6.07) is 16.1. The van der Waals surface area contributed by atoms with Gasteiger partial charge in [0.1, 0.15) is 35.7 Å². The number of nitrogens with two attached hydrogens (primary N) is 2. The lowest BCUT2D eigenvalue weighted by atomic mass is 9.93. The van der Waals surface area contributed by atoms with Gasteiger partial charge in [0, 0.05) is 35.2 Å². The van der Waals surface area contributed by atoms with Crippen LogP contribution in [0, 0.1) is 0 Å². The van der Waals surface area contributed by atoms with Crippen molar-refractivity contribution in [2.75, 3.05) is 13.6 Å². The van der Waals surface area contributed by atoms with Crippen molar-refractivity contribution in [3.8, 4) is 33.8 Å². The molecule has 1 aliphatic rings. The molecule has 5 atom stereocenters. The minimum Gasteiger partial charge on any atom is -0.507 e. The Morgan fingerprint density at radius 2 is 1.45 bits per heavy atom. The SMILES string of the molecule is C[C@H](NC(=O)[C@@H]1Cc2ccc(O)c(c2)-c2cc(ccc2O)[C@H](N(C)C(=O)[C@H](CCCCN)NC(=O)c2ccc(-c3ccc(Cl)cc3)cc2)C(=O)N[C@@H](C)C(=O)N1)C(=O)CC(N)=O. The van der Waals surface area contributed by atoms with E-state index in [9.17, 15) is 43.8 Å². The molecule has 6 amide bonds. The monoisotopic (exact) mass is 867 g/mol. The number of aromatic hydroxyl groups is 2. The predicted octanol–water partition coefficient (Wildman–Crippen LogP) is 3.01. The number of unbranched alkanes of at least 4 members (excludes halogenated alkanes) is 1. The maximum Gasteiger partial charge on any atom is 0.251 e. The summed E-state index contributed by atoms with van der Waals surface area (Å²) in [5.74, 6) is -5.70. The zero-order chi connectivity index (χ0) is 45.2. The Morgan fingerprint density at radius 3 is 2.08 bits per heavy atom. The van der Waals surface area contributed by atoms with Crippen molar-refractivity contribution in [3.05, 3.63) is 107 Å². The van der Waals surface area contributed by atoms with E-state index in [1.54, 1.807) is 36.4 Å². The Hall–Kier alpha value is -6.78. The molecule has 4 bridgehead atoms. The molecule has 10 N–H and O–H groups in total. The summed E-state index contributed by atoms with van der Waals surface area (Å²) in [7, 11) is 1.37. The number of phenolic OH excluding ortho intramolecular Hbond substituents is 2. The number of phenols is 2. The van der Waals surface area contributed by atoms with Gasteiger partial charge in [-0.05, 0) is 110 Å². The van der Waals surface area contributed by atoms with Crippen LogP contribution in [0.2, 0.25) is 5.02 Å². The van der Waals surface area contributed by atoms with E-state index in [1.165, 1.54) is 57.3 Å². The maximum absolute atomic E-state index is 14.5. The highest BCUT2D eigenvalue weighted by molar-refractivity contribution is 6.30. The molecule has 62 heavy (non-hydrogen) atoms. The minimum atomic E-state index is -1.46. The van der Waals surface area contributed by atoms with Gasteiger partial charge in [0.05, 0.1) is 12.5 Å². The average Bonchev–Trinajstić information content (AvgIpc) is 3.23. The van der Waals surface area contributed by atoms with Gasteiger partial charge >= 0.3 is 0 Å². The summed E-state index contributed by atoms with van der Waals surface area (Å²) in [5.41, 5.74) is 13.7. The molecule has 326 valence electrons. The number of primary amides is 1. The Labute approximate surface area is 363 Å². The smallest absolute Gasteiger partial charge is 0.251 e. The maximum atomic E-state index is 14.5. The first-order valence-electron chi connectivity index (χ1n) is 20.0. The number of hydrogen-bond acceptors (Lipinski definition) is 10. The first kappa shape index (κ1) is 46.3. The molecule has 0 saturated carbocycles. The molecule has 16 nitrogen and oxygen atoms in total. The van der Waals surface area contributed by atoms with Crippen molar-refractivity contribution in [1.82, 2.24) is 26.2 Å². The standard InChI is InChI=1S/C45H50ClN7O9/c1-24(38(56)23-39(48)57)49-43(60)35-21-26-7-17-36(54)32(20-26)33-22-30(14-18-37(33)55)40(44(61)50-25(2)41(58)52-35)53(3)45(62)34(6-4-5-19-47)51-42(59)29-10-8-27(9-11-29)28-12-15-31(46)16-13-28/h7-18,20,22,24-25,34-35,40,54-55H,4-6,19,21,23,47H2,1-3H3,(H2,48,57)(H,49,60)(H,50,61)(H,51,59)(H,52,58)/t24-,25-,34-,35-,40-/m0/s1. The van der Waals surface area contributed by atoms with Crippen molar-refractivity contribution >= 4 is 52.8 Å². The molecule has 1 aliphatic heterocycles. The first-order chi connectivity index (χ1) is 29.5. The number of rotatable bonds is 14. The summed E-state index contributed by atoms with van der Waals surface area (Å²) >= 11 is 6.04. The quantitative estimate of drug-likeness (QED) is 0.0679. The molecule has 0 radical (unpaired) electrons. The zero-order valence-electron chi connectivity index (χ0n) is 34.4. The van der Waals surface area contributed by atoms with Crippen molar-refractivity contribution < 1.29 is 43.8 Å². The van der Waals surface area contributed by atoms with Gasteiger partial charge in [0.2, 0.25) is 29.5 Å². The van der Waals surface area contributed by atoms with Crippen LogP contribution >= 0.6 is 11.6 Å². The van der Waals surface area contributed by atoms with E-state index >= 15 is 0 Å². The van der Waals surface area contributed by atoms with Crippen LogP contribution in [0.3, 0.4) is 0 Å². The highest BCUT2D eigenvalue weighted by Gasteiger charge is 2.36. The predicted molar refractivity (Wildman–Crippen MR) is 231 cm³/mol. The van der Waals surface area contributed by atoms with Gasteiger partial charge in [-0.25, -0.2) is 0 Å². The fourth-order valence-electron chi connectivity index (χ4n) is 7.06. The summed E-state index contributed by atoms with van der Waals surface area (Å²) < 4.78 is 0. The fourth-order valence-corrected chi connectivity index (χ4v) is 7.18. The van der Waals surface area contributed by atoms with Crippen molar-refractivity contribution in [2.45, 2.75) is 76.2 Å². The third-order valence-electron chi connectivity index (χ3n) is 10.6. The van der Waals surface area contributed by atoms with E-state index in [-0.39, 0.29) is 46.6 Å². The summed E-state index contributed by atoms with van der Waals surface area (Å²) in [4.78, 5) is 94.8. The van der Waals surface area contributed by atoms with Gasteiger partial charge in [-0.1, -0.05) is 48.0 Å². The summed E-state index contributed by atoms with van der Waals surface area (Å²) in [6.45, 7) is 3.07. The summed E-state index contributed by atoms with van der Waals surface area (Å²) in [5, 5.41) is 33.3. The number of carbonyl (C=O) groups excluding carboxylic acids is 7. The van der Waals surface area contributed by atoms with Gasteiger partial charge in [-0.2, -0.15) is 0 Å².